The number of anilines is 1. The first-order chi connectivity index (χ1) is 8.88. The summed E-state index contributed by atoms with van der Waals surface area (Å²) in [6, 6.07) is 7.68. The first-order valence-corrected chi connectivity index (χ1v) is 7.42. The third-order valence-electron chi connectivity index (χ3n) is 2.61. The smallest absolute Gasteiger partial charge is 0.238 e. The zero-order valence-corrected chi connectivity index (χ0v) is 11.7. The fourth-order valence-electron chi connectivity index (χ4n) is 1.63. The standard InChI is InChI=1S/C12H13ClN2O3S/c1-8(12-3-2-6-18-12)15-11-7-9(19(14,16)17)4-5-10(11)13/h2-8,15H,1H3,(H2,14,16,17). The SMILES string of the molecule is CC(Nc1cc(S(N)(=O)=O)ccc1Cl)c1ccco1. The summed E-state index contributed by atoms with van der Waals surface area (Å²) in [5.41, 5.74) is 0.483. The maximum Gasteiger partial charge on any atom is 0.238 e. The van der Waals surface area contributed by atoms with Crippen LogP contribution in [0.15, 0.2) is 45.9 Å². The molecule has 1 aromatic carbocycles. The van der Waals surface area contributed by atoms with Crippen LogP contribution in [-0.2, 0) is 10.0 Å². The molecule has 0 aliphatic heterocycles. The Bertz CT molecular complexity index is 668. The lowest BCUT2D eigenvalue weighted by molar-refractivity contribution is 0.490. The fourth-order valence-corrected chi connectivity index (χ4v) is 2.35. The van der Waals surface area contributed by atoms with E-state index < -0.39 is 10.0 Å². The molecule has 7 heteroatoms. The van der Waals surface area contributed by atoms with Gasteiger partial charge in [-0.1, -0.05) is 11.6 Å². The van der Waals surface area contributed by atoms with E-state index >= 15 is 0 Å². The van der Waals surface area contributed by atoms with E-state index in [9.17, 15) is 8.42 Å². The van der Waals surface area contributed by atoms with Crippen LogP contribution in [0.1, 0.15) is 18.7 Å². The molecule has 0 amide bonds. The lowest BCUT2D eigenvalue weighted by Crippen LogP contribution is -2.13. The van der Waals surface area contributed by atoms with Crippen molar-refractivity contribution >= 4 is 27.3 Å². The van der Waals surface area contributed by atoms with Crippen molar-refractivity contribution in [3.05, 3.63) is 47.4 Å². The largest absolute Gasteiger partial charge is 0.467 e. The first-order valence-electron chi connectivity index (χ1n) is 5.50. The van der Waals surface area contributed by atoms with Gasteiger partial charge in [-0.2, -0.15) is 0 Å². The van der Waals surface area contributed by atoms with Crippen molar-refractivity contribution in [3.63, 3.8) is 0 Å². The minimum atomic E-state index is -3.75. The highest BCUT2D eigenvalue weighted by atomic mass is 35.5. The third kappa shape index (κ3) is 3.28. The molecule has 1 heterocycles. The molecule has 1 aromatic heterocycles. The quantitative estimate of drug-likeness (QED) is 0.909. The molecule has 1 atom stereocenters. The van der Waals surface area contributed by atoms with Crippen LogP contribution >= 0.6 is 11.6 Å². The van der Waals surface area contributed by atoms with Crippen molar-refractivity contribution in [2.75, 3.05) is 5.32 Å². The van der Waals surface area contributed by atoms with Crippen LogP contribution < -0.4 is 10.5 Å². The van der Waals surface area contributed by atoms with Crippen LogP contribution in [-0.4, -0.2) is 8.42 Å². The van der Waals surface area contributed by atoms with E-state index in [4.69, 9.17) is 21.2 Å². The lowest BCUT2D eigenvalue weighted by atomic mass is 10.2. The van der Waals surface area contributed by atoms with Crippen LogP contribution in [0.25, 0.3) is 0 Å². The number of hydrogen-bond donors (Lipinski definition) is 2. The molecule has 0 radical (unpaired) electrons. The number of primary sulfonamides is 1. The van der Waals surface area contributed by atoms with Gasteiger partial charge in [0.1, 0.15) is 5.76 Å². The van der Waals surface area contributed by atoms with Gasteiger partial charge in [0.05, 0.1) is 27.9 Å². The summed E-state index contributed by atoms with van der Waals surface area (Å²) in [6.07, 6.45) is 1.57. The molecule has 0 fully saturated rings. The molecule has 5 nitrogen and oxygen atoms in total. The Morgan fingerprint density at radius 1 is 1.37 bits per heavy atom. The Morgan fingerprint density at radius 3 is 2.68 bits per heavy atom. The van der Waals surface area contributed by atoms with E-state index in [0.29, 0.717) is 10.7 Å². The Kier molecular flexibility index (Phi) is 3.84. The van der Waals surface area contributed by atoms with E-state index in [1.807, 2.05) is 13.0 Å². The van der Waals surface area contributed by atoms with Gasteiger partial charge in [0.15, 0.2) is 0 Å². The molecule has 0 saturated heterocycles. The number of furan rings is 1. The molecule has 3 N–H and O–H groups in total. The zero-order valence-electron chi connectivity index (χ0n) is 10.1. The van der Waals surface area contributed by atoms with Crippen molar-refractivity contribution in [2.24, 2.45) is 5.14 Å². The van der Waals surface area contributed by atoms with Crippen molar-refractivity contribution < 1.29 is 12.8 Å². The summed E-state index contributed by atoms with van der Waals surface area (Å²) in [7, 11) is -3.75. The molecule has 2 aromatic rings. The van der Waals surface area contributed by atoms with Gasteiger partial charge in [-0.05, 0) is 37.3 Å². The minimum absolute atomic E-state index is 0.00560. The molecule has 2 rings (SSSR count). The number of hydrogen-bond acceptors (Lipinski definition) is 4. The molecule has 0 aliphatic carbocycles. The number of rotatable bonds is 4. The predicted octanol–water partition coefficient (Wildman–Crippen LogP) is 2.75. The van der Waals surface area contributed by atoms with Gasteiger partial charge in [-0.25, -0.2) is 13.6 Å². The summed E-state index contributed by atoms with van der Waals surface area (Å²) in [5.74, 6) is 0.720. The minimum Gasteiger partial charge on any atom is -0.467 e. The molecule has 0 aliphatic rings. The normalized spacial score (nSPS) is 13.2. The number of halogens is 1. The lowest BCUT2D eigenvalue weighted by Gasteiger charge is -2.15. The second-order valence-electron chi connectivity index (χ2n) is 4.07. The van der Waals surface area contributed by atoms with Crippen LogP contribution in [0.5, 0.6) is 0 Å². The van der Waals surface area contributed by atoms with Gasteiger partial charge in [-0.3, -0.25) is 0 Å². The molecule has 102 valence electrons. The second kappa shape index (κ2) is 5.24. The summed E-state index contributed by atoms with van der Waals surface area (Å²) >= 11 is 6.02. The molecule has 0 spiro atoms. The summed E-state index contributed by atoms with van der Waals surface area (Å²) in [5, 5.41) is 8.57. The van der Waals surface area contributed by atoms with Crippen LogP contribution in [0.4, 0.5) is 5.69 Å². The Morgan fingerprint density at radius 2 is 2.11 bits per heavy atom. The molecule has 19 heavy (non-hydrogen) atoms. The molecule has 0 bridgehead atoms. The highest BCUT2D eigenvalue weighted by Crippen LogP contribution is 2.28. The van der Waals surface area contributed by atoms with E-state index in [0.717, 1.165) is 5.76 Å². The van der Waals surface area contributed by atoms with Gasteiger partial charge in [0.2, 0.25) is 10.0 Å². The monoisotopic (exact) mass is 300 g/mol. The predicted molar refractivity (Wildman–Crippen MR) is 73.6 cm³/mol. The van der Waals surface area contributed by atoms with Gasteiger partial charge in [0.25, 0.3) is 0 Å². The van der Waals surface area contributed by atoms with E-state index in [1.165, 1.54) is 18.2 Å². The average Bonchev–Trinajstić information content (AvgIpc) is 2.84. The van der Waals surface area contributed by atoms with Gasteiger partial charge < -0.3 is 9.73 Å². The highest BCUT2D eigenvalue weighted by Gasteiger charge is 2.14. The molecular formula is C12H13ClN2O3S. The Hall–Kier alpha value is -1.50. The highest BCUT2D eigenvalue weighted by molar-refractivity contribution is 7.89. The number of nitrogens with two attached hydrogens (primary N) is 1. The zero-order chi connectivity index (χ0) is 14.0. The Labute approximate surface area is 116 Å². The second-order valence-corrected chi connectivity index (χ2v) is 6.04. The van der Waals surface area contributed by atoms with E-state index in [1.54, 1.807) is 12.3 Å². The average molecular weight is 301 g/mol. The van der Waals surface area contributed by atoms with E-state index in [2.05, 4.69) is 5.32 Å². The van der Waals surface area contributed by atoms with Gasteiger partial charge in [0, 0.05) is 0 Å². The molecule has 0 saturated carbocycles. The van der Waals surface area contributed by atoms with Crippen molar-refractivity contribution in [1.29, 1.82) is 0 Å². The van der Waals surface area contributed by atoms with Crippen molar-refractivity contribution in [3.8, 4) is 0 Å². The summed E-state index contributed by atoms with van der Waals surface area (Å²) in [4.78, 5) is 0.00560. The number of nitrogens with one attached hydrogen (secondary N) is 1. The molecule has 1 unspecified atom stereocenters. The number of sulfonamides is 1. The van der Waals surface area contributed by atoms with Crippen LogP contribution in [0, 0.1) is 0 Å². The van der Waals surface area contributed by atoms with Gasteiger partial charge in [-0.15, -0.1) is 0 Å². The molecular weight excluding hydrogens is 288 g/mol. The maximum absolute atomic E-state index is 11.3. The fraction of sp³-hybridized carbons (Fsp3) is 0.167. The number of benzene rings is 1. The Balaban J connectivity index is 2.30. The summed E-state index contributed by atoms with van der Waals surface area (Å²) in [6.45, 7) is 1.87. The van der Waals surface area contributed by atoms with Crippen molar-refractivity contribution in [1.82, 2.24) is 0 Å². The topological polar surface area (TPSA) is 85.3 Å². The van der Waals surface area contributed by atoms with Gasteiger partial charge >= 0.3 is 0 Å². The van der Waals surface area contributed by atoms with Crippen molar-refractivity contribution in [2.45, 2.75) is 17.9 Å². The van der Waals surface area contributed by atoms with E-state index in [-0.39, 0.29) is 10.9 Å². The third-order valence-corrected chi connectivity index (χ3v) is 3.85. The summed E-state index contributed by atoms with van der Waals surface area (Å²) < 4.78 is 27.9. The van der Waals surface area contributed by atoms with Crippen LogP contribution in [0.3, 0.4) is 0 Å². The first kappa shape index (κ1) is 13.9. The van der Waals surface area contributed by atoms with Crippen LogP contribution in [0.2, 0.25) is 5.02 Å². The maximum atomic E-state index is 11.3.